The maximum absolute atomic E-state index is 13.1. The zero-order valence-electron chi connectivity index (χ0n) is 12.7. The van der Waals surface area contributed by atoms with Gasteiger partial charge in [-0.2, -0.15) is 0 Å². The van der Waals surface area contributed by atoms with E-state index in [2.05, 4.69) is 5.32 Å². The summed E-state index contributed by atoms with van der Waals surface area (Å²) in [7, 11) is 0. The third-order valence-electron chi connectivity index (χ3n) is 3.42. The Morgan fingerprint density at radius 1 is 1.14 bits per heavy atom. The predicted octanol–water partition coefficient (Wildman–Crippen LogP) is 3.34. The molecule has 4 heteroatoms. The Bertz CT molecular complexity index is 659. The third kappa shape index (κ3) is 3.39. The minimum absolute atomic E-state index is 0.00720. The Balaban J connectivity index is 2.54. The van der Waals surface area contributed by atoms with Crippen LogP contribution in [0, 0.1) is 5.82 Å². The van der Waals surface area contributed by atoms with E-state index in [0.717, 1.165) is 23.4 Å². The van der Waals surface area contributed by atoms with Crippen LogP contribution in [-0.4, -0.2) is 11.1 Å². The molecule has 1 aromatic carbocycles. The van der Waals surface area contributed by atoms with E-state index in [-0.39, 0.29) is 17.4 Å². The van der Waals surface area contributed by atoms with Gasteiger partial charge in [0.05, 0.1) is 5.69 Å². The summed E-state index contributed by atoms with van der Waals surface area (Å²) >= 11 is 0. The zero-order chi connectivity index (χ0) is 15.4. The average Bonchev–Trinajstić information content (AvgIpc) is 2.46. The van der Waals surface area contributed by atoms with Crippen molar-refractivity contribution in [3.05, 3.63) is 58.1 Å². The minimum atomic E-state index is -0.277. The maximum Gasteiger partial charge on any atom is 0.255 e. The summed E-state index contributed by atoms with van der Waals surface area (Å²) in [6.45, 7) is 7.34. The molecule has 0 saturated carbocycles. The summed E-state index contributed by atoms with van der Waals surface area (Å²) in [6.07, 6.45) is 0. The number of aromatic nitrogens is 1. The van der Waals surface area contributed by atoms with Crippen LogP contribution in [-0.2, 0) is 6.54 Å². The summed E-state index contributed by atoms with van der Waals surface area (Å²) in [5, 5.41) is 3.18. The number of halogens is 1. The quantitative estimate of drug-likeness (QED) is 0.915. The molecule has 0 aliphatic heterocycles. The normalized spacial score (nSPS) is 11.1. The van der Waals surface area contributed by atoms with Crippen LogP contribution >= 0.6 is 0 Å². The van der Waals surface area contributed by atoms with Gasteiger partial charge in [-0.1, -0.05) is 13.0 Å². The number of hydrogen-bond acceptors (Lipinski definition) is 2. The summed E-state index contributed by atoms with van der Waals surface area (Å²) in [6, 6.07) is 10.1. The van der Waals surface area contributed by atoms with Gasteiger partial charge in [-0.05, 0) is 56.3 Å². The van der Waals surface area contributed by atoms with Gasteiger partial charge in [0.15, 0.2) is 0 Å². The van der Waals surface area contributed by atoms with E-state index in [1.54, 1.807) is 16.7 Å². The minimum Gasteiger partial charge on any atom is -0.313 e. The van der Waals surface area contributed by atoms with Crippen molar-refractivity contribution in [2.45, 2.75) is 33.4 Å². The van der Waals surface area contributed by atoms with Crippen LogP contribution in [0.3, 0.4) is 0 Å². The molecule has 21 heavy (non-hydrogen) atoms. The maximum atomic E-state index is 13.1. The second kappa shape index (κ2) is 6.68. The fourth-order valence-electron chi connectivity index (χ4n) is 2.36. The highest BCUT2D eigenvalue weighted by molar-refractivity contribution is 5.60. The van der Waals surface area contributed by atoms with Crippen LogP contribution in [0.4, 0.5) is 4.39 Å². The lowest BCUT2D eigenvalue weighted by atomic mass is 10.1. The van der Waals surface area contributed by atoms with Gasteiger partial charge in [-0.15, -0.1) is 0 Å². The van der Waals surface area contributed by atoms with Gasteiger partial charge in [-0.25, -0.2) is 4.39 Å². The monoisotopic (exact) mass is 288 g/mol. The Kier molecular flexibility index (Phi) is 4.91. The molecule has 1 aromatic heterocycles. The first-order valence-corrected chi connectivity index (χ1v) is 7.25. The first-order valence-electron chi connectivity index (χ1n) is 7.25. The Morgan fingerprint density at radius 2 is 1.81 bits per heavy atom. The highest BCUT2D eigenvalue weighted by Gasteiger charge is 2.12. The third-order valence-corrected chi connectivity index (χ3v) is 3.42. The molecule has 0 saturated heterocycles. The second-order valence-corrected chi connectivity index (χ2v) is 5.30. The largest absolute Gasteiger partial charge is 0.313 e. The van der Waals surface area contributed by atoms with E-state index in [4.69, 9.17) is 0 Å². The first kappa shape index (κ1) is 15.4. The van der Waals surface area contributed by atoms with Crippen LogP contribution in [0.1, 0.15) is 32.4 Å². The topological polar surface area (TPSA) is 34.0 Å². The van der Waals surface area contributed by atoms with E-state index >= 15 is 0 Å². The molecule has 0 bridgehead atoms. The van der Waals surface area contributed by atoms with E-state index in [0.29, 0.717) is 6.54 Å². The molecule has 1 heterocycles. The van der Waals surface area contributed by atoms with Gasteiger partial charge in [-0.3, -0.25) is 4.79 Å². The van der Waals surface area contributed by atoms with E-state index < -0.39 is 0 Å². The molecule has 112 valence electrons. The molecular formula is C17H21FN2O. The molecule has 2 aromatic rings. The number of pyridine rings is 1. The average molecular weight is 288 g/mol. The van der Waals surface area contributed by atoms with Gasteiger partial charge < -0.3 is 9.88 Å². The van der Waals surface area contributed by atoms with Crippen molar-refractivity contribution in [3.8, 4) is 11.3 Å². The molecular weight excluding hydrogens is 267 g/mol. The van der Waals surface area contributed by atoms with Crippen LogP contribution in [0.5, 0.6) is 0 Å². The van der Waals surface area contributed by atoms with Gasteiger partial charge in [0.2, 0.25) is 0 Å². The number of nitrogens with one attached hydrogen (secondary N) is 1. The van der Waals surface area contributed by atoms with Gasteiger partial charge >= 0.3 is 0 Å². The Hall–Kier alpha value is -1.94. The first-order chi connectivity index (χ1) is 10.0. The summed E-state index contributed by atoms with van der Waals surface area (Å²) in [4.78, 5) is 12.6. The van der Waals surface area contributed by atoms with Crippen LogP contribution in [0.15, 0.2) is 41.2 Å². The molecule has 0 aliphatic rings. The number of hydrogen-bond donors (Lipinski definition) is 1. The molecule has 3 nitrogen and oxygen atoms in total. The molecule has 0 amide bonds. The fraction of sp³-hybridized carbons (Fsp3) is 0.353. The molecule has 0 aliphatic carbocycles. The summed E-state index contributed by atoms with van der Waals surface area (Å²) < 4.78 is 14.8. The Morgan fingerprint density at radius 3 is 2.38 bits per heavy atom. The second-order valence-electron chi connectivity index (χ2n) is 5.30. The van der Waals surface area contributed by atoms with Crippen LogP contribution in [0.25, 0.3) is 11.3 Å². The molecule has 2 rings (SSSR count). The van der Waals surface area contributed by atoms with Crippen LogP contribution < -0.4 is 10.9 Å². The molecule has 0 atom stereocenters. The SMILES string of the molecule is CCNCc1ccc(-c2ccc(F)cc2)n(C(C)C)c1=O. The van der Waals surface area contributed by atoms with Crippen LogP contribution in [0.2, 0.25) is 0 Å². The highest BCUT2D eigenvalue weighted by atomic mass is 19.1. The fourth-order valence-corrected chi connectivity index (χ4v) is 2.36. The molecule has 0 spiro atoms. The van der Waals surface area contributed by atoms with E-state index in [1.807, 2.05) is 32.9 Å². The van der Waals surface area contributed by atoms with E-state index in [9.17, 15) is 9.18 Å². The predicted molar refractivity (Wildman–Crippen MR) is 83.9 cm³/mol. The summed E-state index contributed by atoms with van der Waals surface area (Å²) in [5.74, 6) is -0.277. The molecule has 0 unspecified atom stereocenters. The standard InChI is InChI=1S/C17H21FN2O/c1-4-19-11-14-7-10-16(20(12(2)3)17(14)21)13-5-8-15(18)9-6-13/h5-10,12,19H,4,11H2,1-3H3. The van der Waals surface area contributed by atoms with Crippen molar-refractivity contribution in [2.75, 3.05) is 6.54 Å². The lowest BCUT2D eigenvalue weighted by molar-refractivity contribution is 0.574. The van der Waals surface area contributed by atoms with Crippen molar-refractivity contribution < 1.29 is 4.39 Å². The van der Waals surface area contributed by atoms with Crippen molar-refractivity contribution >= 4 is 0 Å². The lowest BCUT2D eigenvalue weighted by Gasteiger charge is -2.18. The van der Waals surface area contributed by atoms with Crippen molar-refractivity contribution in [1.82, 2.24) is 9.88 Å². The lowest BCUT2D eigenvalue weighted by Crippen LogP contribution is -2.29. The van der Waals surface area contributed by atoms with Crippen molar-refractivity contribution in [1.29, 1.82) is 0 Å². The molecule has 0 fully saturated rings. The van der Waals surface area contributed by atoms with Crippen molar-refractivity contribution in [2.24, 2.45) is 0 Å². The van der Waals surface area contributed by atoms with Gasteiger partial charge in [0, 0.05) is 18.2 Å². The van der Waals surface area contributed by atoms with E-state index in [1.165, 1.54) is 12.1 Å². The highest BCUT2D eigenvalue weighted by Crippen LogP contribution is 2.21. The van der Waals surface area contributed by atoms with Gasteiger partial charge in [0.1, 0.15) is 5.82 Å². The molecule has 1 N–H and O–H groups in total. The Labute approximate surface area is 124 Å². The molecule has 0 radical (unpaired) electrons. The number of benzene rings is 1. The number of nitrogens with zero attached hydrogens (tertiary/aromatic N) is 1. The smallest absolute Gasteiger partial charge is 0.255 e. The summed E-state index contributed by atoms with van der Waals surface area (Å²) in [5.41, 5.74) is 2.41. The number of rotatable bonds is 5. The zero-order valence-corrected chi connectivity index (χ0v) is 12.7. The van der Waals surface area contributed by atoms with Gasteiger partial charge in [0.25, 0.3) is 5.56 Å². The van der Waals surface area contributed by atoms with Crippen molar-refractivity contribution in [3.63, 3.8) is 0 Å².